The van der Waals surface area contributed by atoms with Gasteiger partial charge in [0, 0.05) is 5.56 Å². The SMILES string of the molecule is C=C[C@H](N)c1cccc2c1OCCO2.Cl. The summed E-state index contributed by atoms with van der Waals surface area (Å²) in [6.45, 7) is 4.84. The molecule has 0 saturated carbocycles. The predicted molar refractivity (Wildman–Crippen MR) is 61.8 cm³/mol. The highest BCUT2D eigenvalue weighted by Gasteiger charge is 2.17. The molecule has 0 radical (unpaired) electrons. The molecule has 2 N–H and O–H groups in total. The molecule has 0 unspecified atom stereocenters. The van der Waals surface area contributed by atoms with Crippen molar-refractivity contribution in [2.45, 2.75) is 6.04 Å². The van der Waals surface area contributed by atoms with E-state index in [0.29, 0.717) is 13.2 Å². The van der Waals surface area contributed by atoms with E-state index in [-0.39, 0.29) is 18.4 Å². The van der Waals surface area contributed by atoms with Crippen molar-refractivity contribution in [3.63, 3.8) is 0 Å². The normalized spacial score (nSPS) is 15.0. The molecule has 0 aromatic heterocycles. The summed E-state index contributed by atoms with van der Waals surface area (Å²) in [5, 5.41) is 0. The van der Waals surface area contributed by atoms with Crippen LogP contribution in [0.4, 0.5) is 0 Å². The van der Waals surface area contributed by atoms with E-state index in [4.69, 9.17) is 15.2 Å². The van der Waals surface area contributed by atoms with E-state index in [2.05, 4.69) is 6.58 Å². The summed E-state index contributed by atoms with van der Waals surface area (Å²) >= 11 is 0. The molecule has 1 aromatic rings. The minimum Gasteiger partial charge on any atom is -0.486 e. The lowest BCUT2D eigenvalue weighted by molar-refractivity contribution is 0.169. The molecular weight excluding hydrogens is 214 g/mol. The second-order valence-corrected chi connectivity index (χ2v) is 3.13. The Balaban J connectivity index is 0.00000112. The first kappa shape index (κ1) is 11.9. The van der Waals surface area contributed by atoms with Gasteiger partial charge in [0.25, 0.3) is 0 Å². The molecule has 1 aromatic carbocycles. The molecule has 4 heteroatoms. The van der Waals surface area contributed by atoms with Gasteiger partial charge in [-0.1, -0.05) is 18.2 Å². The summed E-state index contributed by atoms with van der Waals surface area (Å²) in [7, 11) is 0. The molecule has 15 heavy (non-hydrogen) atoms. The fraction of sp³-hybridized carbons (Fsp3) is 0.273. The van der Waals surface area contributed by atoms with E-state index in [1.807, 2.05) is 18.2 Å². The average Bonchev–Trinajstić information content (AvgIpc) is 2.27. The Morgan fingerprint density at radius 1 is 1.33 bits per heavy atom. The highest BCUT2D eigenvalue weighted by Crippen LogP contribution is 2.36. The van der Waals surface area contributed by atoms with Gasteiger partial charge in [-0.15, -0.1) is 19.0 Å². The van der Waals surface area contributed by atoms with E-state index in [1.165, 1.54) is 0 Å². The number of para-hydroxylation sites is 1. The van der Waals surface area contributed by atoms with Crippen LogP contribution in [0.25, 0.3) is 0 Å². The highest BCUT2D eigenvalue weighted by atomic mass is 35.5. The van der Waals surface area contributed by atoms with Crippen molar-refractivity contribution in [3.05, 3.63) is 36.4 Å². The molecule has 0 amide bonds. The van der Waals surface area contributed by atoms with E-state index in [1.54, 1.807) is 6.08 Å². The third kappa shape index (κ3) is 2.25. The van der Waals surface area contributed by atoms with Crippen molar-refractivity contribution in [2.75, 3.05) is 13.2 Å². The molecular formula is C11H14ClNO2. The second kappa shape index (κ2) is 5.05. The van der Waals surface area contributed by atoms with E-state index >= 15 is 0 Å². The molecule has 0 fully saturated rings. The fourth-order valence-corrected chi connectivity index (χ4v) is 1.49. The monoisotopic (exact) mass is 227 g/mol. The van der Waals surface area contributed by atoms with Crippen LogP contribution in [0, 0.1) is 0 Å². The number of hydrogen-bond donors (Lipinski definition) is 1. The maximum absolute atomic E-state index is 5.86. The van der Waals surface area contributed by atoms with Crippen LogP contribution < -0.4 is 15.2 Å². The number of nitrogens with two attached hydrogens (primary N) is 1. The standard InChI is InChI=1S/C11H13NO2.ClH/c1-2-9(12)8-4-3-5-10-11(8)14-7-6-13-10;/h2-5,9H,1,6-7,12H2;1H/t9-;/m0./s1. The van der Waals surface area contributed by atoms with Crippen LogP contribution in [-0.2, 0) is 0 Å². The average molecular weight is 228 g/mol. The first-order chi connectivity index (χ1) is 6.83. The molecule has 0 bridgehead atoms. The van der Waals surface area contributed by atoms with Gasteiger partial charge >= 0.3 is 0 Å². The van der Waals surface area contributed by atoms with Gasteiger partial charge in [-0.2, -0.15) is 0 Å². The van der Waals surface area contributed by atoms with Crippen molar-refractivity contribution < 1.29 is 9.47 Å². The Labute approximate surface area is 95.3 Å². The molecule has 0 saturated heterocycles. The highest BCUT2D eigenvalue weighted by molar-refractivity contribution is 5.85. The van der Waals surface area contributed by atoms with Crippen LogP contribution in [0.3, 0.4) is 0 Å². The predicted octanol–water partition coefficient (Wildman–Crippen LogP) is 2.07. The summed E-state index contributed by atoms with van der Waals surface area (Å²) in [5.74, 6) is 1.53. The van der Waals surface area contributed by atoms with Crippen molar-refractivity contribution in [1.29, 1.82) is 0 Å². The van der Waals surface area contributed by atoms with Gasteiger partial charge in [0.15, 0.2) is 11.5 Å². The summed E-state index contributed by atoms with van der Waals surface area (Å²) in [4.78, 5) is 0. The van der Waals surface area contributed by atoms with Crippen molar-refractivity contribution >= 4 is 12.4 Å². The molecule has 82 valence electrons. The largest absolute Gasteiger partial charge is 0.486 e. The summed E-state index contributed by atoms with van der Waals surface area (Å²) in [6, 6.07) is 5.52. The zero-order valence-corrected chi connectivity index (χ0v) is 9.13. The van der Waals surface area contributed by atoms with Gasteiger partial charge in [-0.3, -0.25) is 0 Å². The molecule has 1 aliphatic rings. The molecule has 0 aliphatic carbocycles. The number of rotatable bonds is 2. The third-order valence-corrected chi connectivity index (χ3v) is 2.21. The van der Waals surface area contributed by atoms with Gasteiger partial charge in [0.05, 0.1) is 6.04 Å². The van der Waals surface area contributed by atoms with E-state index in [0.717, 1.165) is 17.1 Å². The van der Waals surface area contributed by atoms with E-state index in [9.17, 15) is 0 Å². The first-order valence-corrected chi connectivity index (χ1v) is 4.59. The summed E-state index contributed by atoms with van der Waals surface area (Å²) in [6.07, 6.45) is 1.69. The molecule has 3 nitrogen and oxygen atoms in total. The Morgan fingerprint density at radius 3 is 2.80 bits per heavy atom. The van der Waals surface area contributed by atoms with Gasteiger partial charge < -0.3 is 15.2 Å². The molecule has 1 heterocycles. The van der Waals surface area contributed by atoms with Crippen LogP contribution in [0.15, 0.2) is 30.9 Å². The van der Waals surface area contributed by atoms with Crippen molar-refractivity contribution in [1.82, 2.24) is 0 Å². The van der Waals surface area contributed by atoms with Crippen LogP contribution >= 0.6 is 12.4 Å². The molecule has 2 rings (SSSR count). The maximum atomic E-state index is 5.86. The Bertz CT molecular complexity index is 354. The number of benzene rings is 1. The van der Waals surface area contributed by atoms with E-state index < -0.39 is 0 Å². The lowest BCUT2D eigenvalue weighted by Gasteiger charge is -2.22. The van der Waals surface area contributed by atoms with Gasteiger partial charge in [0.1, 0.15) is 13.2 Å². The van der Waals surface area contributed by atoms with Crippen LogP contribution in [0.5, 0.6) is 11.5 Å². The van der Waals surface area contributed by atoms with Gasteiger partial charge in [-0.25, -0.2) is 0 Å². The molecule has 1 atom stereocenters. The second-order valence-electron chi connectivity index (χ2n) is 3.13. The number of hydrogen-bond acceptors (Lipinski definition) is 3. The van der Waals surface area contributed by atoms with Crippen LogP contribution in [-0.4, -0.2) is 13.2 Å². The van der Waals surface area contributed by atoms with Crippen LogP contribution in [0.1, 0.15) is 11.6 Å². The Morgan fingerprint density at radius 2 is 2.07 bits per heavy atom. The smallest absolute Gasteiger partial charge is 0.166 e. The van der Waals surface area contributed by atoms with Crippen molar-refractivity contribution in [3.8, 4) is 11.5 Å². The lowest BCUT2D eigenvalue weighted by atomic mass is 10.1. The molecule has 1 aliphatic heterocycles. The van der Waals surface area contributed by atoms with Crippen LogP contribution in [0.2, 0.25) is 0 Å². The number of halogens is 1. The summed E-state index contributed by atoms with van der Waals surface area (Å²) in [5.41, 5.74) is 6.79. The third-order valence-electron chi connectivity index (χ3n) is 2.21. The molecule has 0 spiro atoms. The summed E-state index contributed by atoms with van der Waals surface area (Å²) < 4.78 is 11.0. The zero-order chi connectivity index (χ0) is 9.97. The lowest BCUT2D eigenvalue weighted by Crippen LogP contribution is -2.18. The Kier molecular flexibility index (Phi) is 4.00. The topological polar surface area (TPSA) is 44.5 Å². The fourth-order valence-electron chi connectivity index (χ4n) is 1.49. The minimum atomic E-state index is -0.202. The number of fused-ring (bicyclic) bond motifs is 1. The first-order valence-electron chi connectivity index (χ1n) is 4.59. The van der Waals surface area contributed by atoms with Gasteiger partial charge in [-0.05, 0) is 6.07 Å². The Hall–Kier alpha value is -1.19. The zero-order valence-electron chi connectivity index (χ0n) is 8.31. The minimum absolute atomic E-state index is 0. The van der Waals surface area contributed by atoms with Crippen molar-refractivity contribution in [2.24, 2.45) is 5.73 Å². The quantitative estimate of drug-likeness (QED) is 0.787. The van der Waals surface area contributed by atoms with Gasteiger partial charge in [0.2, 0.25) is 0 Å². The maximum Gasteiger partial charge on any atom is 0.166 e. The number of ether oxygens (including phenoxy) is 2.